The van der Waals surface area contributed by atoms with E-state index >= 15 is 0 Å². The van der Waals surface area contributed by atoms with Crippen LogP contribution < -0.4 is 14.8 Å². The van der Waals surface area contributed by atoms with Crippen molar-refractivity contribution in [1.29, 1.82) is 0 Å². The highest BCUT2D eigenvalue weighted by atomic mass is 19.4. The van der Waals surface area contributed by atoms with E-state index in [1.807, 2.05) is 0 Å². The molecule has 28 heavy (non-hydrogen) atoms. The van der Waals surface area contributed by atoms with Crippen molar-refractivity contribution >= 4 is 17.5 Å². The maximum absolute atomic E-state index is 12.3. The fourth-order valence-electron chi connectivity index (χ4n) is 2.39. The third kappa shape index (κ3) is 6.49. The maximum Gasteiger partial charge on any atom is 0.573 e. The van der Waals surface area contributed by atoms with E-state index < -0.39 is 18.0 Å². The third-order valence-electron chi connectivity index (χ3n) is 3.71. The molecule has 1 N–H and O–H groups in total. The minimum Gasteiger partial charge on any atom is -0.496 e. The van der Waals surface area contributed by atoms with Crippen molar-refractivity contribution in [2.24, 2.45) is 0 Å². The number of carbonyl (C=O) groups is 2. The summed E-state index contributed by atoms with van der Waals surface area (Å²) in [6, 6.07) is 11.8. The zero-order valence-corrected chi connectivity index (χ0v) is 15.2. The number of rotatable bonds is 7. The van der Waals surface area contributed by atoms with Gasteiger partial charge in [0.05, 0.1) is 20.1 Å². The fourth-order valence-corrected chi connectivity index (χ4v) is 2.39. The van der Waals surface area contributed by atoms with Gasteiger partial charge in [0.1, 0.15) is 11.5 Å². The van der Waals surface area contributed by atoms with Crippen molar-refractivity contribution in [2.45, 2.75) is 12.8 Å². The largest absolute Gasteiger partial charge is 0.573 e. The van der Waals surface area contributed by atoms with Crippen LogP contribution in [0, 0.1) is 0 Å². The van der Waals surface area contributed by atoms with Crippen molar-refractivity contribution in [1.82, 2.24) is 4.90 Å². The highest BCUT2D eigenvalue weighted by molar-refractivity contribution is 5.94. The molecule has 0 saturated heterocycles. The monoisotopic (exact) mass is 396 g/mol. The first kappa shape index (κ1) is 21.1. The summed E-state index contributed by atoms with van der Waals surface area (Å²) in [6.07, 6.45) is -4.72. The first-order valence-corrected chi connectivity index (χ1v) is 8.19. The molecule has 9 heteroatoms. The Bertz CT molecular complexity index is 823. The van der Waals surface area contributed by atoms with Crippen LogP contribution in [0.1, 0.15) is 5.56 Å². The van der Waals surface area contributed by atoms with Crippen molar-refractivity contribution in [3.8, 4) is 11.5 Å². The van der Waals surface area contributed by atoms with Gasteiger partial charge in [0.15, 0.2) is 0 Å². The fraction of sp³-hybridized carbons (Fsp3) is 0.263. The van der Waals surface area contributed by atoms with E-state index in [0.29, 0.717) is 11.3 Å². The Morgan fingerprint density at radius 2 is 1.71 bits per heavy atom. The number of likely N-dealkylation sites (N-methyl/N-ethyl adjacent to an activating group) is 1. The Kier molecular flexibility index (Phi) is 6.86. The van der Waals surface area contributed by atoms with Gasteiger partial charge in [0, 0.05) is 18.3 Å². The summed E-state index contributed by atoms with van der Waals surface area (Å²) in [4.78, 5) is 25.6. The van der Waals surface area contributed by atoms with Crippen LogP contribution in [0.25, 0.3) is 0 Å². The number of carbonyl (C=O) groups excluding carboxylic acids is 2. The second kappa shape index (κ2) is 9.12. The standard InChI is InChI=1S/C19H19F3N2O4/c1-24(18(26)11-13-5-3-4-6-16(13)27-2)12-17(25)23-14-7-9-15(10-8-14)28-19(20,21)22/h3-10H,11-12H2,1-2H3,(H,23,25). The molecular formula is C19H19F3N2O4. The molecule has 2 aromatic rings. The molecule has 6 nitrogen and oxygen atoms in total. The molecule has 0 aliphatic heterocycles. The molecule has 0 atom stereocenters. The Balaban J connectivity index is 1.88. The molecule has 2 rings (SSSR count). The third-order valence-corrected chi connectivity index (χ3v) is 3.71. The first-order chi connectivity index (χ1) is 13.2. The van der Waals surface area contributed by atoms with E-state index in [1.165, 1.54) is 31.2 Å². The summed E-state index contributed by atoms with van der Waals surface area (Å²) in [5, 5.41) is 2.51. The number of anilines is 1. The highest BCUT2D eigenvalue weighted by Gasteiger charge is 2.31. The normalized spacial score (nSPS) is 10.9. The Morgan fingerprint density at radius 3 is 2.32 bits per heavy atom. The number of para-hydroxylation sites is 1. The summed E-state index contributed by atoms with van der Waals surface area (Å²) in [6.45, 7) is -0.214. The van der Waals surface area contributed by atoms with Gasteiger partial charge in [0.25, 0.3) is 0 Å². The smallest absolute Gasteiger partial charge is 0.496 e. The summed E-state index contributed by atoms with van der Waals surface area (Å²) in [5.41, 5.74) is 0.979. The molecule has 0 spiro atoms. The van der Waals surface area contributed by atoms with E-state index in [4.69, 9.17) is 4.74 Å². The van der Waals surface area contributed by atoms with Gasteiger partial charge >= 0.3 is 6.36 Å². The van der Waals surface area contributed by atoms with Gasteiger partial charge in [-0.3, -0.25) is 9.59 Å². The lowest BCUT2D eigenvalue weighted by Crippen LogP contribution is -2.35. The number of benzene rings is 2. The van der Waals surface area contributed by atoms with E-state index in [9.17, 15) is 22.8 Å². The minimum absolute atomic E-state index is 0.0667. The van der Waals surface area contributed by atoms with Gasteiger partial charge < -0.3 is 19.7 Å². The SMILES string of the molecule is COc1ccccc1CC(=O)N(C)CC(=O)Nc1ccc(OC(F)(F)F)cc1. The molecule has 0 fully saturated rings. The van der Waals surface area contributed by atoms with E-state index in [-0.39, 0.29) is 24.6 Å². The maximum atomic E-state index is 12.3. The first-order valence-electron chi connectivity index (χ1n) is 8.19. The molecule has 0 radical (unpaired) electrons. The number of ether oxygens (including phenoxy) is 2. The number of methoxy groups -OCH3 is 1. The number of nitrogens with one attached hydrogen (secondary N) is 1. The van der Waals surface area contributed by atoms with Crippen molar-refractivity contribution < 1.29 is 32.2 Å². The van der Waals surface area contributed by atoms with Gasteiger partial charge in [0.2, 0.25) is 11.8 Å². The molecule has 0 aliphatic carbocycles. The summed E-state index contributed by atoms with van der Waals surface area (Å²) < 4.78 is 45.4. The van der Waals surface area contributed by atoms with Crippen molar-refractivity contribution in [3.05, 3.63) is 54.1 Å². The lowest BCUT2D eigenvalue weighted by molar-refractivity contribution is -0.274. The average Bonchev–Trinajstić information content (AvgIpc) is 2.62. The molecule has 150 valence electrons. The molecule has 0 heterocycles. The molecule has 0 saturated carbocycles. The van der Waals surface area contributed by atoms with Crippen molar-refractivity contribution in [3.63, 3.8) is 0 Å². The molecule has 0 aliphatic rings. The van der Waals surface area contributed by atoms with Gasteiger partial charge in [-0.1, -0.05) is 18.2 Å². The van der Waals surface area contributed by atoms with E-state index in [0.717, 1.165) is 12.1 Å². The van der Waals surface area contributed by atoms with E-state index in [2.05, 4.69) is 10.1 Å². The zero-order chi connectivity index (χ0) is 20.7. The van der Waals surface area contributed by atoms with Gasteiger partial charge in [-0.05, 0) is 30.3 Å². The van der Waals surface area contributed by atoms with Gasteiger partial charge in [-0.2, -0.15) is 0 Å². The quantitative estimate of drug-likeness (QED) is 0.780. The van der Waals surface area contributed by atoms with Crippen LogP contribution in [0.15, 0.2) is 48.5 Å². The lowest BCUT2D eigenvalue weighted by Gasteiger charge is -2.18. The zero-order valence-electron chi connectivity index (χ0n) is 15.2. The number of alkyl halides is 3. The second-order valence-corrected chi connectivity index (χ2v) is 5.86. The van der Waals surface area contributed by atoms with Crippen molar-refractivity contribution in [2.75, 3.05) is 26.0 Å². The highest BCUT2D eigenvalue weighted by Crippen LogP contribution is 2.24. The summed E-state index contributed by atoms with van der Waals surface area (Å²) in [7, 11) is 2.99. The Hall–Kier alpha value is -3.23. The molecule has 2 amide bonds. The van der Waals surface area contributed by atoms with Gasteiger partial charge in [-0.25, -0.2) is 0 Å². The Labute approximate surface area is 159 Å². The molecule has 0 aromatic heterocycles. The number of halogens is 3. The number of amides is 2. The lowest BCUT2D eigenvalue weighted by atomic mass is 10.1. The van der Waals surface area contributed by atoms with Crippen LogP contribution in [-0.4, -0.2) is 43.8 Å². The van der Waals surface area contributed by atoms with Gasteiger partial charge in [-0.15, -0.1) is 13.2 Å². The molecule has 0 unspecified atom stereocenters. The van der Waals surface area contributed by atoms with Crippen LogP contribution in [-0.2, 0) is 16.0 Å². The van der Waals surface area contributed by atoms with Crippen LogP contribution in [0.4, 0.5) is 18.9 Å². The molecule has 0 bridgehead atoms. The topological polar surface area (TPSA) is 67.9 Å². The van der Waals surface area contributed by atoms with E-state index in [1.54, 1.807) is 24.3 Å². The average molecular weight is 396 g/mol. The van der Waals surface area contributed by atoms with Crippen LogP contribution >= 0.6 is 0 Å². The van der Waals surface area contributed by atoms with Crippen LogP contribution in [0.5, 0.6) is 11.5 Å². The predicted molar refractivity (Wildman–Crippen MR) is 96.1 cm³/mol. The number of nitrogens with zero attached hydrogens (tertiary/aromatic N) is 1. The number of hydrogen-bond acceptors (Lipinski definition) is 4. The molecule has 2 aromatic carbocycles. The predicted octanol–water partition coefficient (Wildman–Crippen LogP) is 3.23. The van der Waals surface area contributed by atoms with Crippen LogP contribution in [0.2, 0.25) is 0 Å². The van der Waals surface area contributed by atoms with Crippen LogP contribution in [0.3, 0.4) is 0 Å². The summed E-state index contributed by atoms with van der Waals surface area (Å²) in [5.74, 6) is -0.585. The number of hydrogen-bond donors (Lipinski definition) is 1. The Morgan fingerprint density at radius 1 is 1.07 bits per heavy atom. The summed E-state index contributed by atoms with van der Waals surface area (Å²) >= 11 is 0. The molecular weight excluding hydrogens is 377 g/mol. The minimum atomic E-state index is -4.78. The second-order valence-electron chi connectivity index (χ2n) is 5.86.